The van der Waals surface area contributed by atoms with Crippen LogP contribution < -0.4 is 10.3 Å². The van der Waals surface area contributed by atoms with E-state index in [0.29, 0.717) is 23.8 Å². The molecule has 1 atom stereocenters. The van der Waals surface area contributed by atoms with E-state index < -0.39 is 0 Å². The maximum atomic E-state index is 13.3. The van der Waals surface area contributed by atoms with E-state index in [1.54, 1.807) is 24.7 Å². The number of benzene rings is 1. The topological polar surface area (TPSA) is 79.4 Å². The largest absolute Gasteiger partial charge is 0.464 e. The van der Waals surface area contributed by atoms with Crippen molar-refractivity contribution in [2.75, 3.05) is 6.61 Å². The van der Waals surface area contributed by atoms with Crippen LogP contribution in [0.25, 0.3) is 22.1 Å². The maximum Gasteiger partial charge on any atom is 0.277 e. The summed E-state index contributed by atoms with van der Waals surface area (Å²) in [4.78, 5) is 17.6. The van der Waals surface area contributed by atoms with Gasteiger partial charge in [0.15, 0.2) is 6.23 Å². The number of nitrogens with zero attached hydrogens (tertiary/aromatic N) is 3. The van der Waals surface area contributed by atoms with Crippen molar-refractivity contribution in [2.24, 2.45) is 0 Å². The molecule has 4 aromatic rings. The van der Waals surface area contributed by atoms with Crippen molar-refractivity contribution in [3.05, 3.63) is 70.5 Å². The van der Waals surface area contributed by atoms with E-state index in [-0.39, 0.29) is 11.8 Å². The van der Waals surface area contributed by atoms with Gasteiger partial charge in [0.25, 0.3) is 5.56 Å². The molecule has 1 unspecified atom stereocenters. The minimum Gasteiger partial charge on any atom is -0.464 e. The zero-order valence-electron chi connectivity index (χ0n) is 17.5. The SMILES string of the molecule is Cc1cc(Oc2nccc3occc23)ccc1-c1c(C)cnn(C2CCCCO2)c1=O. The molecular weight excluding hydrogens is 394 g/mol. The Balaban J connectivity index is 1.50. The minimum absolute atomic E-state index is 0.131. The third-order valence-corrected chi connectivity index (χ3v) is 5.65. The molecule has 7 heteroatoms. The zero-order valence-corrected chi connectivity index (χ0v) is 17.5. The van der Waals surface area contributed by atoms with Crippen LogP contribution in [0.15, 0.2) is 58.2 Å². The van der Waals surface area contributed by atoms with Gasteiger partial charge >= 0.3 is 0 Å². The molecule has 7 nitrogen and oxygen atoms in total. The van der Waals surface area contributed by atoms with Crippen molar-refractivity contribution in [3.8, 4) is 22.8 Å². The lowest BCUT2D eigenvalue weighted by atomic mass is 9.98. The number of rotatable bonds is 4. The Hall–Kier alpha value is -3.45. The summed E-state index contributed by atoms with van der Waals surface area (Å²) in [6.45, 7) is 4.53. The lowest BCUT2D eigenvalue weighted by molar-refractivity contribution is -0.0423. The van der Waals surface area contributed by atoms with Gasteiger partial charge in [-0.25, -0.2) is 9.67 Å². The second-order valence-electron chi connectivity index (χ2n) is 7.80. The quantitative estimate of drug-likeness (QED) is 0.456. The zero-order chi connectivity index (χ0) is 21.4. The molecule has 0 radical (unpaired) electrons. The van der Waals surface area contributed by atoms with E-state index in [0.717, 1.165) is 46.9 Å². The molecule has 0 spiro atoms. The normalized spacial score (nSPS) is 16.5. The molecule has 1 fully saturated rings. The first-order valence-corrected chi connectivity index (χ1v) is 10.4. The van der Waals surface area contributed by atoms with Crippen LogP contribution >= 0.6 is 0 Å². The summed E-state index contributed by atoms with van der Waals surface area (Å²) in [5, 5.41) is 5.16. The number of ether oxygens (including phenoxy) is 2. The van der Waals surface area contributed by atoms with Gasteiger partial charge in [0, 0.05) is 12.8 Å². The third kappa shape index (κ3) is 3.61. The van der Waals surface area contributed by atoms with E-state index in [4.69, 9.17) is 13.9 Å². The summed E-state index contributed by atoms with van der Waals surface area (Å²) >= 11 is 0. The van der Waals surface area contributed by atoms with Crippen molar-refractivity contribution in [1.29, 1.82) is 0 Å². The summed E-state index contributed by atoms with van der Waals surface area (Å²) in [6.07, 6.45) is 7.55. The van der Waals surface area contributed by atoms with Gasteiger partial charge in [-0.05, 0) is 74.1 Å². The Bertz CT molecular complexity index is 1300. The average molecular weight is 417 g/mol. The molecule has 4 heterocycles. The Morgan fingerprint density at radius 1 is 1.13 bits per heavy atom. The molecule has 158 valence electrons. The molecule has 1 aromatic carbocycles. The number of aryl methyl sites for hydroxylation is 2. The summed E-state index contributed by atoms with van der Waals surface area (Å²) in [5.41, 5.74) is 3.85. The fourth-order valence-corrected chi connectivity index (χ4v) is 4.04. The molecule has 0 N–H and O–H groups in total. The first-order valence-electron chi connectivity index (χ1n) is 10.4. The molecule has 1 saturated heterocycles. The predicted molar refractivity (Wildman–Crippen MR) is 116 cm³/mol. The first-order chi connectivity index (χ1) is 15.1. The molecule has 5 rings (SSSR count). The van der Waals surface area contributed by atoms with Crippen LogP contribution in [0.1, 0.15) is 36.6 Å². The number of furan rings is 1. The van der Waals surface area contributed by atoms with Crippen molar-refractivity contribution in [1.82, 2.24) is 14.8 Å². The fraction of sp³-hybridized carbons (Fsp3) is 0.292. The van der Waals surface area contributed by atoms with Gasteiger partial charge in [-0.2, -0.15) is 5.10 Å². The van der Waals surface area contributed by atoms with Crippen LogP contribution in [0.2, 0.25) is 0 Å². The Morgan fingerprint density at radius 2 is 2.03 bits per heavy atom. The highest BCUT2D eigenvalue weighted by Gasteiger charge is 2.21. The Kier molecular flexibility index (Phi) is 5.03. The van der Waals surface area contributed by atoms with Gasteiger partial charge < -0.3 is 13.9 Å². The molecule has 0 bridgehead atoms. The first kappa shape index (κ1) is 19.5. The number of aromatic nitrogens is 3. The number of hydrogen-bond donors (Lipinski definition) is 0. The van der Waals surface area contributed by atoms with Gasteiger partial charge in [0.05, 0.1) is 23.4 Å². The second kappa shape index (κ2) is 8.00. The lowest BCUT2D eigenvalue weighted by Crippen LogP contribution is -2.32. The van der Waals surface area contributed by atoms with E-state index in [1.165, 1.54) is 4.68 Å². The molecule has 31 heavy (non-hydrogen) atoms. The van der Waals surface area contributed by atoms with Gasteiger partial charge in [0.1, 0.15) is 11.3 Å². The highest BCUT2D eigenvalue weighted by molar-refractivity contribution is 5.82. The molecule has 0 aliphatic carbocycles. The van der Waals surface area contributed by atoms with Crippen LogP contribution in [0.4, 0.5) is 0 Å². The number of hydrogen-bond acceptors (Lipinski definition) is 6. The molecule has 3 aromatic heterocycles. The van der Waals surface area contributed by atoms with E-state index in [2.05, 4.69) is 10.1 Å². The fourth-order valence-electron chi connectivity index (χ4n) is 4.04. The van der Waals surface area contributed by atoms with Crippen LogP contribution in [0.5, 0.6) is 11.6 Å². The van der Waals surface area contributed by atoms with Gasteiger partial charge in [-0.3, -0.25) is 4.79 Å². The molecule has 0 amide bonds. The van der Waals surface area contributed by atoms with Gasteiger partial charge in [-0.1, -0.05) is 6.07 Å². The second-order valence-corrected chi connectivity index (χ2v) is 7.80. The van der Waals surface area contributed by atoms with Crippen molar-refractivity contribution < 1.29 is 13.9 Å². The van der Waals surface area contributed by atoms with Crippen molar-refractivity contribution >= 4 is 11.0 Å². The average Bonchev–Trinajstić information content (AvgIpc) is 3.26. The van der Waals surface area contributed by atoms with Gasteiger partial charge in [0.2, 0.25) is 5.88 Å². The van der Waals surface area contributed by atoms with Gasteiger partial charge in [-0.15, -0.1) is 0 Å². The number of fused-ring (bicyclic) bond motifs is 1. The minimum atomic E-state index is -0.301. The molecular formula is C24H23N3O4. The summed E-state index contributed by atoms with van der Waals surface area (Å²) in [6, 6.07) is 9.30. The molecule has 0 saturated carbocycles. The Labute approximate surface area is 179 Å². The predicted octanol–water partition coefficient (Wildman–Crippen LogP) is 5.16. The van der Waals surface area contributed by atoms with Crippen LogP contribution in [0.3, 0.4) is 0 Å². The summed E-state index contributed by atoms with van der Waals surface area (Å²) in [7, 11) is 0. The van der Waals surface area contributed by atoms with E-state index >= 15 is 0 Å². The maximum absolute atomic E-state index is 13.3. The van der Waals surface area contributed by atoms with Crippen LogP contribution in [0, 0.1) is 13.8 Å². The summed E-state index contributed by atoms with van der Waals surface area (Å²) < 4.78 is 18.7. The van der Waals surface area contributed by atoms with Crippen molar-refractivity contribution in [2.45, 2.75) is 39.3 Å². The summed E-state index contributed by atoms with van der Waals surface area (Å²) in [5.74, 6) is 1.13. The molecule has 1 aliphatic heterocycles. The smallest absolute Gasteiger partial charge is 0.277 e. The Morgan fingerprint density at radius 3 is 2.84 bits per heavy atom. The van der Waals surface area contributed by atoms with Crippen LogP contribution in [-0.4, -0.2) is 21.4 Å². The highest BCUT2D eigenvalue weighted by atomic mass is 16.5. The molecule has 1 aliphatic rings. The monoisotopic (exact) mass is 417 g/mol. The van der Waals surface area contributed by atoms with E-state index in [9.17, 15) is 4.79 Å². The lowest BCUT2D eigenvalue weighted by Gasteiger charge is -2.24. The van der Waals surface area contributed by atoms with Crippen molar-refractivity contribution in [3.63, 3.8) is 0 Å². The standard InChI is InChI=1S/C24H23N3O4/c1-15-13-17(31-23-19-9-12-29-20(19)8-10-25-23)6-7-18(15)22-16(2)14-26-27(24(22)28)21-5-3-4-11-30-21/h6-10,12-14,21H,3-5,11H2,1-2H3. The van der Waals surface area contributed by atoms with E-state index in [1.807, 2.05) is 38.1 Å². The van der Waals surface area contributed by atoms with Crippen LogP contribution in [-0.2, 0) is 4.74 Å². The third-order valence-electron chi connectivity index (χ3n) is 5.65. The number of pyridine rings is 1. The highest BCUT2D eigenvalue weighted by Crippen LogP contribution is 2.32.